The highest BCUT2D eigenvalue weighted by Crippen LogP contribution is 2.02. The number of carbonyl (C=O) groups excluding carboxylic acids is 1. The minimum Gasteiger partial charge on any atom is -0.393 e. The lowest BCUT2D eigenvalue weighted by Gasteiger charge is -2.23. The summed E-state index contributed by atoms with van der Waals surface area (Å²) in [5, 5.41) is 0. The smallest absolute Gasteiger partial charge is 0.237 e. The molecule has 1 atom stereocenters. The zero-order chi connectivity index (χ0) is 12.9. The summed E-state index contributed by atoms with van der Waals surface area (Å²) in [5.41, 5.74) is 5.44. The molecule has 16 heavy (non-hydrogen) atoms. The first-order valence-electron chi connectivity index (χ1n) is 4.92. The van der Waals surface area contributed by atoms with E-state index in [1.165, 1.54) is 4.90 Å². The van der Waals surface area contributed by atoms with Crippen molar-refractivity contribution in [2.75, 3.05) is 25.1 Å². The molecule has 0 saturated carbocycles. The minimum atomic E-state index is -3.29. The fourth-order valence-corrected chi connectivity index (χ4v) is 1.85. The van der Waals surface area contributed by atoms with Crippen molar-refractivity contribution in [2.24, 2.45) is 11.7 Å². The predicted molar refractivity (Wildman–Crippen MR) is 67.9 cm³/mol. The summed E-state index contributed by atoms with van der Waals surface area (Å²) in [5.74, 6) is -0.989. The molecule has 7 heteroatoms. The van der Waals surface area contributed by atoms with Crippen LogP contribution in [0.25, 0.3) is 0 Å². The molecule has 0 aliphatic heterocycles. The first-order chi connectivity index (χ1) is 7.17. The van der Waals surface area contributed by atoms with Crippen molar-refractivity contribution in [1.29, 1.82) is 0 Å². The molecular formula is C9H18N2O3S2. The second-order valence-electron chi connectivity index (χ2n) is 3.81. The Labute approximate surface area is 102 Å². The van der Waals surface area contributed by atoms with Gasteiger partial charge in [-0.25, -0.2) is 8.42 Å². The quantitative estimate of drug-likeness (QED) is 0.674. The molecule has 0 spiro atoms. The number of rotatable bonds is 6. The molecule has 0 fully saturated rings. The van der Waals surface area contributed by atoms with Gasteiger partial charge in [0.25, 0.3) is 0 Å². The van der Waals surface area contributed by atoms with Crippen LogP contribution in [0.5, 0.6) is 0 Å². The highest BCUT2D eigenvalue weighted by Gasteiger charge is 2.19. The van der Waals surface area contributed by atoms with E-state index in [1.807, 2.05) is 0 Å². The summed E-state index contributed by atoms with van der Waals surface area (Å²) in [4.78, 5) is 13.4. The lowest BCUT2D eigenvalue weighted by molar-refractivity contribution is -0.128. The largest absolute Gasteiger partial charge is 0.393 e. The second-order valence-corrected chi connectivity index (χ2v) is 6.42. The maximum atomic E-state index is 11.6. The third kappa shape index (κ3) is 6.02. The molecule has 1 unspecified atom stereocenters. The van der Waals surface area contributed by atoms with Crippen LogP contribution in [0.1, 0.15) is 13.8 Å². The maximum Gasteiger partial charge on any atom is 0.237 e. The predicted octanol–water partition coefficient (Wildman–Crippen LogP) is -0.198. The van der Waals surface area contributed by atoms with Crippen LogP contribution < -0.4 is 5.73 Å². The van der Waals surface area contributed by atoms with E-state index < -0.39 is 21.5 Å². The van der Waals surface area contributed by atoms with Crippen molar-refractivity contribution in [3.63, 3.8) is 0 Å². The van der Waals surface area contributed by atoms with E-state index in [9.17, 15) is 13.2 Å². The van der Waals surface area contributed by atoms with E-state index in [0.29, 0.717) is 18.1 Å². The zero-order valence-electron chi connectivity index (χ0n) is 9.76. The van der Waals surface area contributed by atoms with Gasteiger partial charge in [0.1, 0.15) is 5.75 Å². The van der Waals surface area contributed by atoms with E-state index in [4.69, 9.17) is 18.0 Å². The number of nitrogens with zero attached hydrogens (tertiary/aromatic N) is 1. The van der Waals surface area contributed by atoms with Crippen molar-refractivity contribution in [3.05, 3.63) is 0 Å². The summed E-state index contributed by atoms with van der Waals surface area (Å²) in [6.45, 7) is 4.40. The average Bonchev–Trinajstić information content (AvgIpc) is 2.10. The third-order valence-corrected chi connectivity index (χ3v) is 3.27. The Hall–Kier alpha value is -0.690. The Bertz CT molecular complexity index is 365. The molecule has 0 bridgehead atoms. The van der Waals surface area contributed by atoms with Gasteiger partial charge in [0.2, 0.25) is 5.91 Å². The molecule has 0 aliphatic carbocycles. The van der Waals surface area contributed by atoms with Crippen molar-refractivity contribution < 1.29 is 13.2 Å². The van der Waals surface area contributed by atoms with Gasteiger partial charge < -0.3 is 10.6 Å². The first-order valence-corrected chi connectivity index (χ1v) is 7.39. The molecule has 0 heterocycles. The van der Waals surface area contributed by atoms with Crippen molar-refractivity contribution in [2.45, 2.75) is 13.8 Å². The van der Waals surface area contributed by atoms with Gasteiger partial charge in [-0.3, -0.25) is 4.79 Å². The lowest BCUT2D eigenvalue weighted by Crippen LogP contribution is -2.40. The monoisotopic (exact) mass is 266 g/mol. The fourth-order valence-electron chi connectivity index (χ4n) is 1.14. The molecule has 2 N–H and O–H groups in total. The van der Waals surface area contributed by atoms with Gasteiger partial charge in [-0.1, -0.05) is 19.1 Å². The topological polar surface area (TPSA) is 80.5 Å². The molecule has 5 nitrogen and oxygen atoms in total. The lowest BCUT2D eigenvalue weighted by atomic mass is 10.1. The van der Waals surface area contributed by atoms with Crippen LogP contribution in [-0.2, 0) is 14.6 Å². The second kappa shape index (κ2) is 6.15. The van der Waals surface area contributed by atoms with E-state index in [1.54, 1.807) is 13.8 Å². The van der Waals surface area contributed by atoms with Gasteiger partial charge in [-0.2, -0.15) is 0 Å². The molecule has 0 rings (SSSR count). The maximum absolute atomic E-state index is 11.6. The van der Waals surface area contributed by atoms with Gasteiger partial charge in [0.05, 0.1) is 4.99 Å². The Morgan fingerprint density at radius 2 is 2.00 bits per heavy atom. The number of carbonyl (C=O) groups is 1. The minimum absolute atomic E-state index is 0.113. The Balaban J connectivity index is 4.51. The molecule has 0 aromatic heterocycles. The fraction of sp³-hybridized carbons (Fsp3) is 0.778. The van der Waals surface area contributed by atoms with Crippen molar-refractivity contribution >= 4 is 33.0 Å². The van der Waals surface area contributed by atoms with Crippen LogP contribution in [0, 0.1) is 5.92 Å². The van der Waals surface area contributed by atoms with E-state index in [2.05, 4.69) is 0 Å². The zero-order valence-corrected chi connectivity index (χ0v) is 11.4. The molecule has 0 aliphatic rings. The van der Waals surface area contributed by atoms with Crippen LogP contribution in [0.3, 0.4) is 0 Å². The standard InChI is InChI=1S/C9H18N2O3S2/c1-4-11(5-7(2)9(10)15)8(12)6-16(3,13)14/h7H,4-6H2,1-3H3,(H2,10,15). The van der Waals surface area contributed by atoms with E-state index in [0.717, 1.165) is 6.26 Å². The Morgan fingerprint density at radius 1 is 1.50 bits per heavy atom. The molecule has 0 aromatic rings. The number of sulfone groups is 1. The molecular weight excluding hydrogens is 248 g/mol. The normalized spacial score (nSPS) is 13.2. The van der Waals surface area contributed by atoms with Gasteiger partial charge in [-0.05, 0) is 6.92 Å². The van der Waals surface area contributed by atoms with Gasteiger partial charge in [-0.15, -0.1) is 0 Å². The number of amides is 1. The van der Waals surface area contributed by atoms with Crippen LogP contribution >= 0.6 is 12.2 Å². The summed E-state index contributed by atoms with van der Waals surface area (Å²) < 4.78 is 22.0. The van der Waals surface area contributed by atoms with Gasteiger partial charge in [0.15, 0.2) is 9.84 Å². The highest BCUT2D eigenvalue weighted by atomic mass is 32.2. The summed E-state index contributed by atoms with van der Waals surface area (Å²) in [6.07, 6.45) is 1.04. The average molecular weight is 266 g/mol. The van der Waals surface area contributed by atoms with Crippen molar-refractivity contribution in [3.8, 4) is 0 Å². The number of thiocarbonyl (C=S) groups is 1. The van der Waals surface area contributed by atoms with Gasteiger partial charge in [0, 0.05) is 25.3 Å². The third-order valence-electron chi connectivity index (χ3n) is 2.10. The first kappa shape index (κ1) is 15.3. The van der Waals surface area contributed by atoms with Gasteiger partial charge >= 0.3 is 0 Å². The molecule has 94 valence electrons. The van der Waals surface area contributed by atoms with Crippen LogP contribution in [0.2, 0.25) is 0 Å². The van der Waals surface area contributed by atoms with E-state index in [-0.39, 0.29) is 5.92 Å². The molecule has 0 aromatic carbocycles. The number of hydrogen-bond donors (Lipinski definition) is 1. The van der Waals surface area contributed by atoms with E-state index >= 15 is 0 Å². The Morgan fingerprint density at radius 3 is 2.31 bits per heavy atom. The summed E-state index contributed by atoms with van der Waals surface area (Å²) >= 11 is 4.80. The van der Waals surface area contributed by atoms with Crippen LogP contribution in [-0.4, -0.2) is 49.3 Å². The molecule has 0 radical (unpaired) electrons. The summed E-state index contributed by atoms with van der Waals surface area (Å²) in [7, 11) is -3.29. The Kier molecular flexibility index (Phi) is 5.88. The van der Waals surface area contributed by atoms with Crippen LogP contribution in [0.4, 0.5) is 0 Å². The highest BCUT2D eigenvalue weighted by molar-refractivity contribution is 7.91. The summed E-state index contributed by atoms with van der Waals surface area (Å²) in [6, 6.07) is 0. The van der Waals surface area contributed by atoms with Crippen molar-refractivity contribution in [1.82, 2.24) is 4.90 Å². The van der Waals surface area contributed by atoms with Crippen LogP contribution in [0.15, 0.2) is 0 Å². The number of hydrogen-bond acceptors (Lipinski definition) is 4. The SMILES string of the molecule is CCN(CC(C)C(N)=S)C(=O)CS(C)(=O)=O. The molecule has 1 amide bonds. The number of nitrogens with two attached hydrogens (primary N) is 1. The molecule has 0 saturated heterocycles.